The average molecular weight is 838 g/mol. The zero-order valence-electron chi connectivity index (χ0n) is 25.0. The maximum absolute atomic E-state index is 12.6. The summed E-state index contributed by atoms with van der Waals surface area (Å²) in [7, 11) is 1.45. The Morgan fingerprint density at radius 2 is 1.78 bits per heavy atom. The first-order chi connectivity index (χ1) is 21.6. The monoisotopic (exact) mass is 838 g/mol. The Balaban J connectivity index is 1.36. The molecule has 0 saturated heterocycles. The van der Waals surface area contributed by atoms with E-state index in [2.05, 4.69) is 72.4 Å². The number of halogens is 2. The second-order valence-corrected chi connectivity index (χ2v) is 12.2. The van der Waals surface area contributed by atoms with Crippen molar-refractivity contribution in [3.63, 3.8) is 0 Å². The molecule has 11 nitrogen and oxygen atoms in total. The van der Waals surface area contributed by atoms with Crippen LogP contribution in [0.5, 0.6) is 17.2 Å². The van der Waals surface area contributed by atoms with Crippen molar-refractivity contribution >= 4 is 69.3 Å². The van der Waals surface area contributed by atoms with Crippen molar-refractivity contribution in [1.29, 1.82) is 0 Å². The van der Waals surface area contributed by atoms with Crippen LogP contribution in [0, 0.1) is 14.1 Å². The van der Waals surface area contributed by atoms with Crippen LogP contribution in [0.4, 0.5) is 4.79 Å². The van der Waals surface area contributed by atoms with Crippen LogP contribution in [0.25, 0.3) is 0 Å². The fraction of sp³-hybridized carbons (Fsp3) is 0.250. The predicted molar refractivity (Wildman–Crippen MR) is 185 cm³/mol. The number of hydrogen-bond acceptors (Lipinski definition) is 8. The summed E-state index contributed by atoms with van der Waals surface area (Å²) in [6.45, 7) is 5.71. The lowest BCUT2D eigenvalue weighted by molar-refractivity contribution is -0.139. The highest BCUT2D eigenvalue weighted by atomic mass is 127. The van der Waals surface area contributed by atoms with E-state index in [-0.39, 0.29) is 18.8 Å². The minimum atomic E-state index is -0.765. The normalized spacial score (nSPS) is 14.4. The molecule has 0 saturated carbocycles. The molecular weight excluding hydrogens is 806 g/mol. The van der Waals surface area contributed by atoms with Crippen LogP contribution in [0.1, 0.15) is 42.1 Å². The molecule has 3 aromatic rings. The van der Waals surface area contributed by atoms with E-state index in [9.17, 15) is 14.4 Å². The van der Waals surface area contributed by atoms with Gasteiger partial charge in [0.15, 0.2) is 18.1 Å². The van der Waals surface area contributed by atoms with E-state index in [1.54, 1.807) is 38.3 Å². The topological polar surface area (TPSA) is 137 Å². The Morgan fingerprint density at radius 3 is 2.47 bits per heavy atom. The van der Waals surface area contributed by atoms with E-state index in [1.807, 2.05) is 37.3 Å². The number of amides is 3. The Hall–Kier alpha value is -3.86. The Labute approximate surface area is 288 Å². The fourth-order valence-electron chi connectivity index (χ4n) is 4.51. The molecule has 4 rings (SSSR count). The summed E-state index contributed by atoms with van der Waals surface area (Å²) in [6, 6.07) is 15.7. The Morgan fingerprint density at radius 1 is 1.02 bits per heavy atom. The van der Waals surface area contributed by atoms with Crippen molar-refractivity contribution in [1.82, 2.24) is 16.1 Å². The van der Waals surface area contributed by atoms with Crippen LogP contribution >= 0.6 is 45.2 Å². The average Bonchev–Trinajstić information content (AvgIpc) is 2.99. The number of carbonyl (C=O) groups is 3. The zero-order chi connectivity index (χ0) is 32.5. The molecule has 3 aromatic carbocycles. The van der Waals surface area contributed by atoms with E-state index >= 15 is 0 Å². The first-order valence-corrected chi connectivity index (χ1v) is 16.0. The highest BCUT2D eigenvalue weighted by Crippen LogP contribution is 2.35. The molecule has 0 aliphatic carbocycles. The van der Waals surface area contributed by atoms with E-state index in [0.717, 1.165) is 24.0 Å². The molecule has 236 valence electrons. The van der Waals surface area contributed by atoms with Crippen LogP contribution in [0.15, 0.2) is 71.0 Å². The van der Waals surface area contributed by atoms with E-state index in [4.69, 9.17) is 18.9 Å². The lowest BCUT2D eigenvalue weighted by Gasteiger charge is -2.28. The summed E-state index contributed by atoms with van der Waals surface area (Å²) in [5.41, 5.74) is 6.77. The third-order valence-electron chi connectivity index (χ3n) is 6.53. The van der Waals surface area contributed by atoms with Crippen molar-refractivity contribution in [2.24, 2.45) is 5.10 Å². The summed E-state index contributed by atoms with van der Waals surface area (Å²) in [6.07, 6.45) is 1.55. The molecule has 0 radical (unpaired) electrons. The lowest BCUT2D eigenvalue weighted by atomic mass is 9.95. The minimum absolute atomic E-state index is 0.188. The minimum Gasteiger partial charge on any atom is -0.493 e. The molecule has 1 heterocycles. The van der Waals surface area contributed by atoms with Crippen molar-refractivity contribution in [3.05, 3.63) is 95.3 Å². The van der Waals surface area contributed by atoms with Crippen LogP contribution in [-0.4, -0.2) is 44.4 Å². The van der Waals surface area contributed by atoms with Crippen molar-refractivity contribution in [3.8, 4) is 17.2 Å². The highest BCUT2D eigenvalue weighted by molar-refractivity contribution is 14.1. The predicted octanol–water partition coefficient (Wildman–Crippen LogP) is 5.51. The van der Waals surface area contributed by atoms with Crippen LogP contribution in [0.3, 0.4) is 0 Å². The molecule has 45 heavy (non-hydrogen) atoms. The van der Waals surface area contributed by atoms with Crippen molar-refractivity contribution in [2.75, 3.05) is 20.3 Å². The van der Waals surface area contributed by atoms with Gasteiger partial charge in [-0.05, 0) is 107 Å². The van der Waals surface area contributed by atoms with Crippen LogP contribution in [-0.2, 0) is 20.9 Å². The quantitative estimate of drug-likeness (QED) is 0.0948. The largest absolute Gasteiger partial charge is 0.493 e. The number of aryl methyl sites for hydroxylation is 1. The van der Waals surface area contributed by atoms with Crippen LogP contribution in [0.2, 0.25) is 0 Å². The van der Waals surface area contributed by atoms with Gasteiger partial charge < -0.3 is 29.6 Å². The number of carbonyl (C=O) groups excluding carboxylic acids is 3. The van der Waals surface area contributed by atoms with Gasteiger partial charge >= 0.3 is 12.0 Å². The molecule has 13 heteroatoms. The number of allylic oxidation sites excluding steroid dienone is 1. The number of nitrogens with one attached hydrogen (secondary N) is 3. The second kappa shape index (κ2) is 15.9. The molecule has 0 fully saturated rings. The van der Waals surface area contributed by atoms with Crippen molar-refractivity contribution < 1.29 is 33.3 Å². The number of hydrogen-bond donors (Lipinski definition) is 3. The molecule has 1 atom stereocenters. The summed E-state index contributed by atoms with van der Waals surface area (Å²) in [4.78, 5) is 37.3. The fourth-order valence-corrected chi connectivity index (χ4v) is 6.64. The summed E-state index contributed by atoms with van der Waals surface area (Å²) < 4.78 is 24.2. The first kappa shape index (κ1) is 34.0. The first-order valence-electron chi connectivity index (χ1n) is 13.8. The van der Waals surface area contributed by atoms with Gasteiger partial charge in [-0.3, -0.25) is 4.79 Å². The van der Waals surface area contributed by atoms with Gasteiger partial charge in [0.2, 0.25) is 0 Å². The molecule has 1 aliphatic rings. The van der Waals surface area contributed by atoms with E-state index < -0.39 is 23.9 Å². The molecule has 0 spiro atoms. The molecule has 3 N–H and O–H groups in total. The van der Waals surface area contributed by atoms with Gasteiger partial charge in [0.25, 0.3) is 5.91 Å². The number of methoxy groups -OCH3 is 1. The van der Waals surface area contributed by atoms with Gasteiger partial charge in [0.05, 0.1) is 38.7 Å². The van der Waals surface area contributed by atoms with Gasteiger partial charge in [-0.1, -0.05) is 35.9 Å². The summed E-state index contributed by atoms with van der Waals surface area (Å²) in [5.74, 6) is 0.373. The third-order valence-corrected chi connectivity index (χ3v) is 8.14. The summed E-state index contributed by atoms with van der Waals surface area (Å²) >= 11 is 4.44. The Kier molecular flexibility index (Phi) is 12.0. The van der Waals surface area contributed by atoms with Crippen molar-refractivity contribution in [2.45, 2.75) is 33.4 Å². The molecule has 0 bridgehead atoms. The highest BCUT2D eigenvalue weighted by Gasteiger charge is 2.32. The standard InChI is InChI=1S/C32H32I2N4O7/c1-5-43-31(40)28-19(3)36-32(41)37-29(28)22-9-10-25(26(14-22)42-4)44-17-27(39)38-35-15-21-12-23(33)30(24(34)13-21)45-16-20-8-6-7-18(2)11-20/h6-15,29H,5,16-17H2,1-4H3,(H,38,39)(H2,36,37,41)/b35-15-/t29-/m0/s1. The number of rotatable bonds is 12. The van der Waals surface area contributed by atoms with Gasteiger partial charge in [-0.15, -0.1) is 0 Å². The maximum Gasteiger partial charge on any atom is 0.338 e. The summed E-state index contributed by atoms with van der Waals surface area (Å²) in [5, 5.41) is 9.40. The maximum atomic E-state index is 12.6. The molecule has 3 amide bonds. The molecule has 0 aromatic heterocycles. The Bertz CT molecular complexity index is 1640. The van der Waals surface area contributed by atoms with Gasteiger partial charge in [0.1, 0.15) is 12.4 Å². The number of benzene rings is 3. The lowest BCUT2D eigenvalue weighted by Crippen LogP contribution is -2.45. The molecular formula is C32H32I2N4O7. The second-order valence-electron chi connectivity index (χ2n) is 9.87. The van der Waals surface area contributed by atoms with E-state index in [1.165, 1.54) is 12.7 Å². The zero-order valence-corrected chi connectivity index (χ0v) is 29.3. The van der Waals surface area contributed by atoms with E-state index in [0.29, 0.717) is 29.4 Å². The van der Waals surface area contributed by atoms with Crippen LogP contribution < -0.4 is 30.3 Å². The number of nitrogens with zero attached hydrogens (tertiary/aromatic N) is 1. The number of urea groups is 1. The smallest absolute Gasteiger partial charge is 0.338 e. The number of ether oxygens (including phenoxy) is 4. The molecule has 0 unspecified atom stereocenters. The van der Waals surface area contributed by atoms with Gasteiger partial charge in [0, 0.05) is 5.70 Å². The number of hydrazone groups is 1. The van der Waals surface area contributed by atoms with Gasteiger partial charge in [-0.25, -0.2) is 15.0 Å². The number of esters is 1. The SMILES string of the molecule is CCOC(=O)C1=C(C)NC(=O)N[C@H]1c1ccc(OCC(=O)N/N=C\c2cc(I)c(OCc3cccc(C)c3)c(I)c2)c(OC)c1. The van der Waals surface area contributed by atoms with Gasteiger partial charge in [-0.2, -0.15) is 5.10 Å². The molecule has 1 aliphatic heterocycles. The third kappa shape index (κ3) is 9.09.